The number of benzene rings is 2. The molecule has 27 heavy (non-hydrogen) atoms. The first-order chi connectivity index (χ1) is 12.7. The van der Waals surface area contributed by atoms with Crippen molar-refractivity contribution in [1.29, 1.82) is 0 Å². The van der Waals surface area contributed by atoms with Crippen molar-refractivity contribution in [3.63, 3.8) is 0 Å². The standard InChI is InChI=1S/C19H19NO5S2/c1-19(2)17(18(21)22)20(9-10-26-19)27(23,24)12-7-8-14-13-5-3-4-6-15(13)25-16(14)11-12/h3-8,11,17H,9-10H2,1-2H3,(H,21,22). The van der Waals surface area contributed by atoms with E-state index in [-0.39, 0.29) is 11.4 Å². The van der Waals surface area contributed by atoms with Gasteiger partial charge >= 0.3 is 5.97 Å². The quantitative estimate of drug-likeness (QED) is 0.717. The lowest BCUT2D eigenvalue weighted by molar-refractivity contribution is -0.142. The van der Waals surface area contributed by atoms with Crippen molar-refractivity contribution >= 4 is 49.7 Å². The van der Waals surface area contributed by atoms with Gasteiger partial charge in [0, 0.05) is 33.9 Å². The molecule has 6 nitrogen and oxygen atoms in total. The summed E-state index contributed by atoms with van der Waals surface area (Å²) in [5.74, 6) is -0.594. The van der Waals surface area contributed by atoms with E-state index in [1.807, 2.05) is 24.3 Å². The van der Waals surface area contributed by atoms with Gasteiger partial charge in [-0.1, -0.05) is 18.2 Å². The van der Waals surface area contributed by atoms with Crippen molar-refractivity contribution in [2.24, 2.45) is 0 Å². The van der Waals surface area contributed by atoms with Crippen LogP contribution in [0.3, 0.4) is 0 Å². The molecule has 1 aliphatic heterocycles. The molecule has 1 unspecified atom stereocenters. The lowest BCUT2D eigenvalue weighted by Crippen LogP contribution is -2.58. The van der Waals surface area contributed by atoms with Crippen molar-refractivity contribution in [2.75, 3.05) is 12.3 Å². The molecule has 1 fully saturated rings. The summed E-state index contributed by atoms with van der Waals surface area (Å²) in [6.45, 7) is 3.69. The van der Waals surface area contributed by atoms with Crippen LogP contribution < -0.4 is 0 Å². The molecule has 2 aromatic carbocycles. The maximum atomic E-state index is 13.3. The average Bonchev–Trinajstić information content (AvgIpc) is 2.98. The highest BCUT2D eigenvalue weighted by Gasteiger charge is 2.48. The number of carbonyl (C=O) groups is 1. The number of rotatable bonds is 3. The average molecular weight is 405 g/mol. The number of aliphatic carboxylic acids is 1. The maximum absolute atomic E-state index is 13.3. The lowest BCUT2D eigenvalue weighted by atomic mass is 10.0. The van der Waals surface area contributed by atoms with Gasteiger partial charge in [0.15, 0.2) is 0 Å². The van der Waals surface area contributed by atoms with Crippen molar-refractivity contribution in [3.8, 4) is 0 Å². The number of fused-ring (bicyclic) bond motifs is 3. The molecule has 0 spiro atoms. The Hall–Kier alpha value is -2.03. The number of carboxylic acid groups (broad SMARTS) is 1. The SMILES string of the molecule is CC1(C)SCCN(S(=O)(=O)c2ccc3c(c2)oc2ccccc23)C1C(=O)O. The smallest absolute Gasteiger partial charge is 0.323 e. The number of hydrogen-bond acceptors (Lipinski definition) is 5. The first-order valence-corrected chi connectivity index (χ1v) is 10.9. The van der Waals surface area contributed by atoms with Crippen LogP contribution in [0.15, 0.2) is 51.8 Å². The van der Waals surface area contributed by atoms with Gasteiger partial charge in [-0.25, -0.2) is 8.42 Å². The van der Waals surface area contributed by atoms with Gasteiger partial charge in [0.2, 0.25) is 10.0 Å². The second kappa shape index (κ2) is 6.25. The van der Waals surface area contributed by atoms with Gasteiger partial charge in [-0.3, -0.25) is 4.79 Å². The topological polar surface area (TPSA) is 87.8 Å². The molecule has 0 bridgehead atoms. The monoisotopic (exact) mass is 405 g/mol. The second-order valence-corrected chi connectivity index (χ2v) is 10.7. The maximum Gasteiger partial charge on any atom is 0.323 e. The highest BCUT2D eigenvalue weighted by atomic mass is 32.2. The minimum atomic E-state index is -3.98. The van der Waals surface area contributed by atoms with Crippen LogP contribution in [0.1, 0.15) is 13.8 Å². The molecular weight excluding hydrogens is 386 g/mol. The predicted molar refractivity (Wildman–Crippen MR) is 106 cm³/mol. The van der Waals surface area contributed by atoms with Crippen LogP contribution in [0.4, 0.5) is 0 Å². The molecule has 0 saturated carbocycles. The third kappa shape index (κ3) is 2.92. The Morgan fingerprint density at radius 3 is 2.63 bits per heavy atom. The molecule has 1 atom stereocenters. The van der Waals surface area contributed by atoms with Gasteiger partial charge < -0.3 is 9.52 Å². The Morgan fingerprint density at radius 1 is 1.19 bits per heavy atom. The van der Waals surface area contributed by atoms with Gasteiger partial charge in [0.25, 0.3) is 0 Å². The van der Waals surface area contributed by atoms with Crippen LogP contribution in [-0.4, -0.2) is 46.9 Å². The molecule has 8 heteroatoms. The van der Waals surface area contributed by atoms with E-state index < -0.39 is 26.8 Å². The van der Waals surface area contributed by atoms with E-state index in [2.05, 4.69) is 0 Å². The summed E-state index contributed by atoms with van der Waals surface area (Å²) >= 11 is 1.47. The van der Waals surface area contributed by atoms with Crippen LogP contribution in [-0.2, 0) is 14.8 Å². The lowest BCUT2D eigenvalue weighted by Gasteiger charge is -2.42. The molecule has 0 aliphatic carbocycles. The Bertz CT molecular complexity index is 1150. The summed E-state index contributed by atoms with van der Waals surface area (Å²) in [6.07, 6.45) is 0. The minimum Gasteiger partial charge on any atom is -0.480 e. The van der Waals surface area contributed by atoms with Crippen molar-refractivity contribution in [2.45, 2.75) is 29.5 Å². The number of furan rings is 1. The summed E-state index contributed by atoms with van der Waals surface area (Å²) in [4.78, 5) is 11.9. The van der Waals surface area contributed by atoms with Gasteiger partial charge in [-0.15, -0.1) is 0 Å². The molecule has 1 aromatic heterocycles. The molecule has 142 valence electrons. The van der Waals surface area contributed by atoms with E-state index in [0.29, 0.717) is 16.9 Å². The number of thioether (sulfide) groups is 1. The van der Waals surface area contributed by atoms with Crippen LogP contribution in [0.25, 0.3) is 21.9 Å². The molecule has 4 rings (SSSR count). The third-order valence-corrected chi connectivity index (χ3v) is 8.14. The molecule has 0 amide bonds. The fourth-order valence-electron chi connectivity index (χ4n) is 3.64. The highest BCUT2D eigenvalue weighted by Crippen LogP contribution is 2.39. The van der Waals surface area contributed by atoms with Crippen LogP contribution in [0.2, 0.25) is 0 Å². The summed E-state index contributed by atoms with van der Waals surface area (Å²) in [7, 11) is -3.98. The molecule has 1 N–H and O–H groups in total. The van der Waals surface area contributed by atoms with Crippen molar-refractivity contribution in [3.05, 3.63) is 42.5 Å². The van der Waals surface area contributed by atoms with E-state index in [4.69, 9.17) is 4.42 Å². The molecule has 3 aromatic rings. The molecule has 1 saturated heterocycles. The Balaban J connectivity index is 1.83. The van der Waals surface area contributed by atoms with Crippen molar-refractivity contribution in [1.82, 2.24) is 4.31 Å². The summed E-state index contributed by atoms with van der Waals surface area (Å²) < 4.78 is 32.7. The molecule has 2 heterocycles. The summed E-state index contributed by atoms with van der Waals surface area (Å²) in [5, 5.41) is 11.4. The van der Waals surface area contributed by atoms with E-state index in [9.17, 15) is 18.3 Å². The Morgan fingerprint density at radius 2 is 1.89 bits per heavy atom. The number of nitrogens with zero attached hydrogens (tertiary/aromatic N) is 1. The molecule has 0 radical (unpaired) electrons. The second-order valence-electron chi connectivity index (χ2n) is 7.06. The number of hydrogen-bond donors (Lipinski definition) is 1. The van der Waals surface area contributed by atoms with Crippen LogP contribution in [0.5, 0.6) is 0 Å². The number of carboxylic acids is 1. The van der Waals surface area contributed by atoms with E-state index >= 15 is 0 Å². The zero-order valence-electron chi connectivity index (χ0n) is 14.9. The number of para-hydroxylation sites is 1. The molecular formula is C19H19NO5S2. The van der Waals surface area contributed by atoms with Crippen molar-refractivity contribution < 1.29 is 22.7 Å². The van der Waals surface area contributed by atoms with Crippen LogP contribution >= 0.6 is 11.8 Å². The summed E-state index contributed by atoms with van der Waals surface area (Å²) in [5.41, 5.74) is 1.15. The third-order valence-electron chi connectivity index (χ3n) is 4.92. The minimum absolute atomic E-state index is 0.0445. The Labute approximate surface area is 161 Å². The van der Waals surface area contributed by atoms with Crippen LogP contribution in [0, 0.1) is 0 Å². The largest absolute Gasteiger partial charge is 0.480 e. The predicted octanol–water partition coefficient (Wildman–Crippen LogP) is 3.56. The highest BCUT2D eigenvalue weighted by molar-refractivity contribution is 8.00. The van der Waals surface area contributed by atoms with Gasteiger partial charge in [-0.05, 0) is 32.0 Å². The zero-order valence-corrected chi connectivity index (χ0v) is 16.5. The fourth-order valence-corrected chi connectivity index (χ4v) is 6.75. The van der Waals surface area contributed by atoms with Gasteiger partial charge in [0.05, 0.1) is 4.90 Å². The fraction of sp³-hybridized carbons (Fsp3) is 0.316. The first kappa shape index (κ1) is 18.3. The normalized spacial score (nSPS) is 20.9. The zero-order chi connectivity index (χ0) is 19.4. The Kier molecular flexibility index (Phi) is 4.25. The van der Waals surface area contributed by atoms with Gasteiger partial charge in [-0.2, -0.15) is 16.1 Å². The van der Waals surface area contributed by atoms with E-state index in [1.165, 1.54) is 23.9 Å². The number of sulfonamides is 1. The molecule has 1 aliphatic rings. The van der Waals surface area contributed by atoms with E-state index in [0.717, 1.165) is 15.1 Å². The van der Waals surface area contributed by atoms with E-state index in [1.54, 1.807) is 19.9 Å². The first-order valence-electron chi connectivity index (χ1n) is 8.52. The summed E-state index contributed by atoms with van der Waals surface area (Å²) in [6, 6.07) is 11.1. The van der Waals surface area contributed by atoms with Gasteiger partial charge in [0.1, 0.15) is 17.2 Å².